The Morgan fingerprint density at radius 2 is 2.03 bits per heavy atom. The van der Waals surface area contributed by atoms with Gasteiger partial charge in [0.2, 0.25) is 11.8 Å². The third kappa shape index (κ3) is 4.62. The molecule has 29 heavy (non-hydrogen) atoms. The summed E-state index contributed by atoms with van der Waals surface area (Å²) in [6.45, 7) is 1.19. The van der Waals surface area contributed by atoms with Crippen LogP contribution in [0.15, 0.2) is 54.7 Å². The van der Waals surface area contributed by atoms with Crippen molar-refractivity contribution in [2.75, 3.05) is 18.4 Å². The molecule has 0 radical (unpaired) electrons. The highest BCUT2D eigenvalue weighted by Crippen LogP contribution is 2.23. The van der Waals surface area contributed by atoms with Crippen LogP contribution in [0.2, 0.25) is 5.02 Å². The van der Waals surface area contributed by atoms with Crippen molar-refractivity contribution in [1.29, 1.82) is 0 Å². The molecule has 2 amide bonds. The van der Waals surface area contributed by atoms with Crippen molar-refractivity contribution in [2.45, 2.75) is 25.7 Å². The minimum absolute atomic E-state index is 0.0543. The lowest BCUT2D eigenvalue weighted by atomic mass is 9.96. The Labute approximate surface area is 175 Å². The van der Waals surface area contributed by atoms with Crippen molar-refractivity contribution < 1.29 is 9.59 Å². The van der Waals surface area contributed by atoms with Crippen LogP contribution in [0.25, 0.3) is 10.9 Å². The molecular weight excluding hydrogens is 386 g/mol. The number of H-pyrrole nitrogens is 1. The molecular formula is C23H24ClN3O2. The number of aromatic amines is 1. The fourth-order valence-electron chi connectivity index (χ4n) is 3.97. The summed E-state index contributed by atoms with van der Waals surface area (Å²) >= 11 is 5.99. The summed E-state index contributed by atoms with van der Waals surface area (Å²) in [5.41, 5.74) is 2.93. The summed E-state index contributed by atoms with van der Waals surface area (Å²) < 4.78 is 0. The number of hydrogen-bond acceptors (Lipinski definition) is 2. The lowest BCUT2D eigenvalue weighted by Gasteiger charge is -2.32. The van der Waals surface area contributed by atoms with Crippen LogP contribution in [0.4, 0.5) is 5.69 Å². The molecule has 1 aromatic heterocycles. The predicted octanol–water partition coefficient (Wildman–Crippen LogP) is 4.63. The number of carbonyl (C=O) groups is 2. The van der Waals surface area contributed by atoms with Gasteiger partial charge in [0.05, 0.1) is 5.92 Å². The Balaban J connectivity index is 1.34. The molecule has 5 nitrogen and oxygen atoms in total. The monoisotopic (exact) mass is 409 g/mol. The number of benzene rings is 2. The van der Waals surface area contributed by atoms with Crippen LogP contribution in [-0.2, 0) is 16.0 Å². The van der Waals surface area contributed by atoms with Gasteiger partial charge in [0.25, 0.3) is 0 Å². The number of nitrogens with zero attached hydrogens (tertiary/aromatic N) is 1. The number of anilines is 1. The highest BCUT2D eigenvalue weighted by Gasteiger charge is 2.28. The van der Waals surface area contributed by atoms with Crippen molar-refractivity contribution in [2.24, 2.45) is 5.92 Å². The zero-order chi connectivity index (χ0) is 20.2. The average molecular weight is 410 g/mol. The van der Waals surface area contributed by atoms with Gasteiger partial charge in [-0.2, -0.15) is 0 Å². The second-order valence-electron chi connectivity index (χ2n) is 7.54. The smallest absolute Gasteiger partial charge is 0.229 e. The fourth-order valence-corrected chi connectivity index (χ4v) is 4.16. The summed E-state index contributed by atoms with van der Waals surface area (Å²) in [5.74, 6) is -0.142. The van der Waals surface area contributed by atoms with E-state index in [0.29, 0.717) is 36.6 Å². The van der Waals surface area contributed by atoms with Gasteiger partial charge in [0.1, 0.15) is 0 Å². The number of para-hydroxylation sites is 1. The highest BCUT2D eigenvalue weighted by molar-refractivity contribution is 6.30. The van der Waals surface area contributed by atoms with Gasteiger partial charge < -0.3 is 15.2 Å². The molecule has 3 aromatic rings. The van der Waals surface area contributed by atoms with Gasteiger partial charge in [0.15, 0.2) is 0 Å². The summed E-state index contributed by atoms with van der Waals surface area (Å²) in [4.78, 5) is 30.5. The van der Waals surface area contributed by atoms with E-state index in [1.165, 1.54) is 0 Å². The number of halogens is 1. The van der Waals surface area contributed by atoms with E-state index < -0.39 is 0 Å². The maximum atomic E-state index is 12.8. The second kappa shape index (κ2) is 8.70. The van der Waals surface area contributed by atoms with Gasteiger partial charge in [-0.05, 0) is 49.1 Å². The van der Waals surface area contributed by atoms with Gasteiger partial charge in [-0.15, -0.1) is 0 Å². The van der Waals surface area contributed by atoms with E-state index in [1.807, 2.05) is 35.4 Å². The van der Waals surface area contributed by atoms with E-state index in [2.05, 4.69) is 16.4 Å². The first-order valence-electron chi connectivity index (χ1n) is 9.99. The predicted molar refractivity (Wildman–Crippen MR) is 116 cm³/mol. The highest BCUT2D eigenvalue weighted by atomic mass is 35.5. The van der Waals surface area contributed by atoms with Crippen LogP contribution in [0.5, 0.6) is 0 Å². The van der Waals surface area contributed by atoms with Crippen molar-refractivity contribution >= 4 is 40.0 Å². The van der Waals surface area contributed by atoms with E-state index in [0.717, 1.165) is 29.3 Å². The van der Waals surface area contributed by atoms with E-state index in [1.54, 1.807) is 18.2 Å². The number of aromatic nitrogens is 1. The Morgan fingerprint density at radius 1 is 1.17 bits per heavy atom. The number of nitrogens with one attached hydrogen (secondary N) is 2. The first-order valence-corrected chi connectivity index (χ1v) is 10.4. The zero-order valence-electron chi connectivity index (χ0n) is 16.2. The molecule has 150 valence electrons. The molecule has 0 aliphatic carbocycles. The van der Waals surface area contributed by atoms with E-state index in [-0.39, 0.29) is 17.7 Å². The SMILES string of the molecule is O=C(Nc1cccc(Cl)c1)C1CCCN(C(=O)CCc2c[nH]c3ccccc23)C1. The average Bonchev–Trinajstić information content (AvgIpc) is 3.15. The van der Waals surface area contributed by atoms with Crippen molar-refractivity contribution in [3.05, 3.63) is 65.3 Å². The molecule has 2 aromatic carbocycles. The number of aryl methyl sites for hydroxylation is 1. The number of fused-ring (bicyclic) bond motifs is 1. The van der Waals surface area contributed by atoms with E-state index in [9.17, 15) is 9.59 Å². The van der Waals surface area contributed by atoms with Gasteiger partial charge >= 0.3 is 0 Å². The van der Waals surface area contributed by atoms with Crippen molar-refractivity contribution in [1.82, 2.24) is 9.88 Å². The maximum Gasteiger partial charge on any atom is 0.229 e. The second-order valence-corrected chi connectivity index (χ2v) is 7.97. The minimum atomic E-state index is -0.195. The summed E-state index contributed by atoms with van der Waals surface area (Å²) in [6.07, 6.45) is 4.75. The first-order chi connectivity index (χ1) is 14.1. The molecule has 1 saturated heterocycles. The van der Waals surface area contributed by atoms with Crippen LogP contribution in [0.3, 0.4) is 0 Å². The molecule has 6 heteroatoms. The molecule has 0 bridgehead atoms. The number of likely N-dealkylation sites (tertiary alicyclic amines) is 1. The van der Waals surface area contributed by atoms with E-state index >= 15 is 0 Å². The zero-order valence-corrected chi connectivity index (χ0v) is 16.9. The normalized spacial score (nSPS) is 16.7. The maximum absolute atomic E-state index is 12.8. The topological polar surface area (TPSA) is 65.2 Å². The van der Waals surface area contributed by atoms with Gasteiger partial charge in [-0.25, -0.2) is 0 Å². The van der Waals surface area contributed by atoms with Crippen molar-refractivity contribution in [3.8, 4) is 0 Å². The van der Waals surface area contributed by atoms with E-state index in [4.69, 9.17) is 11.6 Å². The van der Waals surface area contributed by atoms with Crippen molar-refractivity contribution in [3.63, 3.8) is 0 Å². The molecule has 4 rings (SSSR count). The van der Waals surface area contributed by atoms with Crippen LogP contribution >= 0.6 is 11.6 Å². The third-order valence-electron chi connectivity index (χ3n) is 5.52. The molecule has 1 atom stereocenters. The first kappa shape index (κ1) is 19.5. The Bertz CT molecular complexity index is 1030. The number of piperidine rings is 1. The standard InChI is InChI=1S/C23H24ClN3O2/c24-18-6-3-7-19(13-18)26-23(29)17-5-4-12-27(15-17)22(28)11-10-16-14-25-21-9-2-1-8-20(16)21/h1-3,6-9,13-14,17,25H,4-5,10-12,15H2,(H,26,29). The third-order valence-corrected chi connectivity index (χ3v) is 5.76. The number of amides is 2. The molecule has 1 fully saturated rings. The number of hydrogen-bond donors (Lipinski definition) is 2. The number of carbonyl (C=O) groups excluding carboxylic acids is 2. The van der Waals surface area contributed by atoms with Crippen LogP contribution in [0, 0.1) is 5.92 Å². The fraction of sp³-hybridized carbons (Fsp3) is 0.304. The quantitative estimate of drug-likeness (QED) is 0.645. The minimum Gasteiger partial charge on any atom is -0.361 e. The Kier molecular flexibility index (Phi) is 5.86. The van der Waals surface area contributed by atoms with Gasteiger partial charge in [-0.1, -0.05) is 35.9 Å². The molecule has 1 unspecified atom stereocenters. The summed E-state index contributed by atoms with van der Waals surface area (Å²) in [6, 6.07) is 15.2. The Morgan fingerprint density at radius 3 is 2.90 bits per heavy atom. The molecule has 0 spiro atoms. The lowest BCUT2D eigenvalue weighted by molar-refractivity contribution is -0.134. The summed E-state index contributed by atoms with van der Waals surface area (Å²) in [5, 5.41) is 4.67. The Hall–Kier alpha value is -2.79. The molecule has 1 aliphatic rings. The molecule has 1 aliphatic heterocycles. The molecule has 0 saturated carbocycles. The lowest BCUT2D eigenvalue weighted by Crippen LogP contribution is -2.43. The summed E-state index contributed by atoms with van der Waals surface area (Å²) in [7, 11) is 0. The van der Waals surface area contributed by atoms with Crippen LogP contribution < -0.4 is 5.32 Å². The number of rotatable bonds is 5. The van der Waals surface area contributed by atoms with Gasteiger partial charge in [0, 0.05) is 47.3 Å². The molecule has 2 heterocycles. The largest absolute Gasteiger partial charge is 0.361 e. The van der Waals surface area contributed by atoms with Crippen LogP contribution in [0.1, 0.15) is 24.8 Å². The van der Waals surface area contributed by atoms with Gasteiger partial charge in [-0.3, -0.25) is 9.59 Å². The molecule has 2 N–H and O–H groups in total. The van der Waals surface area contributed by atoms with Crippen LogP contribution in [-0.4, -0.2) is 34.8 Å².